The number of nitrogens with zero attached hydrogens (tertiary/aromatic N) is 4. The lowest BCUT2D eigenvalue weighted by atomic mass is 10.1. The second-order valence-electron chi connectivity index (χ2n) is 8.41. The van der Waals surface area contributed by atoms with E-state index in [1.165, 1.54) is 19.2 Å². The van der Waals surface area contributed by atoms with Crippen LogP contribution in [0.4, 0.5) is 15.1 Å². The lowest BCUT2D eigenvalue weighted by molar-refractivity contribution is 0.0497. The number of halogens is 2. The van der Waals surface area contributed by atoms with Gasteiger partial charge in [0.2, 0.25) is 11.8 Å². The molecular formula is C22H25BrFN5O3. The summed E-state index contributed by atoms with van der Waals surface area (Å²) in [5.41, 5.74) is 0.375. The highest BCUT2D eigenvalue weighted by atomic mass is 79.9. The molecule has 1 aliphatic heterocycles. The molecule has 1 aliphatic rings. The third-order valence-corrected chi connectivity index (χ3v) is 5.58. The van der Waals surface area contributed by atoms with Gasteiger partial charge in [0.05, 0.1) is 18.4 Å². The Hall–Kier alpha value is -2.93. The number of hydrogen-bond acceptors (Lipinski definition) is 7. The predicted molar refractivity (Wildman–Crippen MR) is 121 cm³/mol. The van der Waals surface area contributed by atoms with Gasteiger partial charge in [-0.3, -0.25) is 0 Å². The van der Waals surface area contributed by atoms with Crippen molar-refractivity contribution >= 4 is 28.0 Å². The fourth-order valence-corrected chi connectivity index (χ4v) is 3.90. The molecule has 2 aromatic rings. The van der Waals surface area contributed by atoms with Gasteiger partial charge in [-0.15, -0.1) is 0 Å². The summed E-state index contributed by atoms with van der Waals surface area (Å²) in [6, 6.07) is 6.12. The molecule has 8 nitrogen and oxygen atoms in total. The average molecular weight is 506 g/mol. The van der Waals surface area contributed by atoms with Crippen molar-refractivity contribution in [2.45, 2.75) is 45.3 Å². The van der Waals surface area contributed by atoms with Crippen LogP contribution in [-0.4, -0.2) is 47.9 Å². The first kappa shape index (κ1) is 23.7. The fourth-order valence-electron chi connectivity index (χ4n) is 3.33. The largest absolute Gasteiger partial charge is 0.480 e. The van der Waals surface area contributed by atoms with Crippen molar-refractivity contribution < 1.29 is 18.7 Å². The molecule has 32 heavy (non-hydrogen) atoms. The van der Waals surface area contributed by atoms with Crippen LogP contribution in [0.25, 0.3) is 11.3 Å². The van der Waals surface area contributed by atoms with E-state index in [4.69, 9.17) is 14.7 Å². The lowest BCUT2D eigenvalue weighted by Crippen LogP contribution is -2.46. The number of rotatable bonds is 4. The van der Waals surface area contributed by atoms with Gasteiger partial charge in [0, 0.05) is 24.7 Å². The van der Waals surface area contributed by atoms with Crippen LogP contribution in [0.15, 0.2) is 22.7 Å². The van der Waals surface area contributed by atoms with Crippen molar-refractivity contribution in [1.29, 1.82) is 5.26 Å². The van der Waals surface area contributed by atoms with E-state index in [-0.39, 0.29) is 11.6 Å². The van der Waals surface area contributed by atoms with Crippen molar-refractivity contribution in [3.63, 3.8) is 0 Å². The molecule has 0 spiro atoms. The minimum atomic E-state index is -0.620. The van der Waals surface area contributed by atoms with Gasteiger partial charge < -0.3 is 19.7 Å². The summed E-state index contributed by atoms with van der Waals surface area (Å²) in [7, 11) is 1.50. The Morgan fingerprint density at radius 1 is 1.31 bits per heavy atom. The first-order chi connectivity index (χ1) is 15.1. The van der Waals surface area contributed by atoms with Gasteiger partial charge >= 0.3 is 6.09 Å². The summed E-state index contributed by atoms with van der Waals surface area (Å²) in [5, 5.41) is 11.9. The Balaban J connectivity index is 1.78. The van der Waals surface area contributed by atoms with Gasteiger partial charge in [-0.2, -0.15) is 10.2 Å². The summed E-state index contributed by atoms with van der Waals surface area (Å²) in [6.07, 6.45) is 0.964. The normalized spacial score (nSPS) is 14.6. The van der Waals surface area contributed by atoms with Crippen LogP contribution < -0.4 is 15.0 Å². The topological polar surface area (TPSA) is 100 Å². The van der Waals surface area contributed by atoms with Gasteiger partial charge in [-0.1, -0.05) is 6.07 Å². The Labute approximate surface area is 194 Å². The average Bonchev–Trinajstić information content (AvgIpc) is 2.73. The van der Waals surface area contributed by atoms with E-state index in [1.54, 1.807) is 6.07 Å². The third-order valence-electron chi connectivity index (χ3n) is 4.86. The second kappa shape index (κ2) is 9.69. The molecule has 1 fully saturated rings. The van der Waals surface area contributed by atoms with Gasteiger partial charge in [0.15, 0.2) is 0 Å². The Morgan fingerprint density at radius 2 is 2.00 bits per heavy atom. The number of methoxy groups -OCH3 is 1. The van der Waals surface area contributed by atoms with Crippen molar-refractivity contribution in [2.75, 3.05) is 25.1 Å². The molecule has 1 aromatic carbocycles. The quantitative estimate of drug-likeness (QED) is 0.656. The molecule has 0 atom stereocenters. The number of amides is 1. The van der Waals surface area contributed by atoms with Gasteiger partial charge in [-0.05, 0) is 61.7 Å². The summed E-state index contributed by atoms with van der Waals surface area (Å²) < 4.78 is 25.4. The summed E-state index contributed by atoms with van der Waals surface area (Å²) in [6.45, 7) is 6.71. The molecule has 2 heterocycles. The Kier molecular flexibility index (Phi) is 7.19. The molecule has 0 bridgehead atoms. The van der Waals surface area contributed by atoms with Crippen molar-refractivity contribution in [3.05, 3.63) is 34.1 Å². The molecule has 10 heteroatoms. The highest BCUT2D eigenvalue weighted by Gasteiger charge is 2.26. The summed E-state index contributed by atoms with van der Waals surface area (Å²) in [5.74, 6) is 0.148. The molecule has 1 amide bonds. The number of anilines is 1. The standard InChI is InChI=1S/C22H25BrFN5O3/c1-22(2,3)32-21(30)26-15-7-9-29(10-8-15)20-27-18(17(23)19(28-20)31-4)13-5-6-14(12-25)16(24)11-13/h5-6,11,15H,7-10H2,1-4H3,(H,26,30). The third kappa shape index (κ3) is 5.65. The van der Waals surface area contributed by atoms with Crippen LogP contribution in [-0.2, 0) is 4.74 Å². The maximum absolute atomic E-state index is 14.2. The minimum Gasteiger partial charge on any atom is -0.480 e. The van der Waals surface area contributed by atoms with E-state index in [1.807, 2.05) is 31.7 Å². The Morgan fingerprint density at radius 3 is 2.56 bits per heavy atom. The van der Waals surface area contributed by atoms with Crippen LogP contribution in [0.3, 0.4) is 0 Å². The zero-order valence-corrected chi connectivity index (χ0v) is 20.0. The van der Waals surface area contributed by atoms with Gasteiger partial charge in [0.25, 0.3) is 0 Å². The highest BCUT2D eigenvalue weighted by Crippen LogP contribution is 2.35. The maximum Gasteiger partial charge on any atom is 0.407 e. The second-order valence-corrected chi connectivity index (χ2v) is 9.20. The van der Waals surface area contributed by atoms with E-state index < -0.39 is 17.5 Å². The number of carbonyl (C=O) groups excluding carboxylic acids is 1. The molecule has 170 valence electrons. The van der Waals surface area contributed by atoms with E-state index in [2.05, 4.69) is 31.2 Å². The number of hydrogen-bond donors (Lipinski definition) is 1. The number of nitriles is 1. The highest BCUT2D eigenvalue weighted by molar-refractivity contribution is 9.10. The smallest absolute Gasteiger partial charge is 0.407 e. The van der Waals surface area contributed by atoms with Crippen molar-refractivity contribution in [3.8, 4) is 23.2 Å². The maximum atomic E-state index is 14.2. The zero-order chi connectivity index (χ0) is 23.5. The number of ether oxygens (including phenoxy) is 2. The first-order valence-electron chi connectivity index (χ1n) is 10.2. The molecule has 0 unspecified atom stereocenters. The molecular weight excluding hydrogens is 481 g/mol. The molecule has 1 N–H and O–H groups in total. The number of benzene rings is 1. The Bertz CT molecular complexity index is 1040. The minimum absolute atomic E-state index is 0.00876. The molecule has 3 rings (SSSR count). The van der Waals surface area contributed by atoms with Crippen LogP contribution in [0.5, 0.6) is 5.88 Å². The molecule has 0 aliphatic carbocycles. The molecule has 1 saturated heterocycles. The van der Waals surface area contributed by atoms with E-state index in [0.717, 1.165) is 0 Å². The monoisotopic (exact) mass is 505 g/mol. The zero-order valence-electron chi connectivity index (χ0n) is 18.4. The van der Waals surface area contributed by atoms with E-state index >= 15 is 0 Å². The number of piperidine rings is 1. The van der Waals surface area contributed by atoms with E-state index in [9.17, 15) is 9.18 Å². The number of carbonyl (C=O) groups is 1. The first-order valence-corrected chi connectivity index (χ1v) is 11.0. The van der Waals surface area contributed by atoms with E-state index in [0.29, 0.717) is 53.5 Å². The van der Waals surface area contributed by atoms with Crippen LogP contribution in [0.1, 0.15) is 39.2 Å². The SMILES string of the molecule is COc1nc(N2CCC(NC(=O)OC(C)(C)C)CC2)nc(-c2ccc(C#N)c(F)c2)c1Br. The van der Waals surface area contributed by atoms with Crippen molar-refractivity contribution in [1.82, 2.24) is 15.3 Å². The fraction of sp³-hybridized carbons (Fsp3) is 0.455. The number of nitrogens with one attached hydrogen (secondary N) is 1. The number of alkyl carbamates (subject to hydrolysis) is 1. The molecule has 1 aromatic heterocycles. The molecule has 0 radical (unpaired) electrons. The van der Waals surface area contributed by atoms with Gasteiger partial charge in [0.1, 0.15) is 22.0 Å². The summed E-state index contributed by atoms with van der Waals surface area (Å²) in [4.78, 5) is 23.1. The van der Waals surface area contributed by atoms with Crippen molar-refractivity contribution in [2.24, 2.45) is 0 Å². The predicted octanol–water partition coefficient (Wildman–Crippen LogP) is 4.42. The number of aromatic nitrogens is 2. The summed E-state index contributed by atoms with van der Waals surface area (Å²) >= 11 is 3.44. The lowest BCUT2D eigenvalue weighted by Gasteiger charge is -2.33. The molecule has 0 saturated carbocycles. The van der Waals surface area contributed by atoms with Crippen LogP contribution >= 0.6 is 15.9 Å². The van der Waals surface area contributed by atoms with Gasteiger partial charge in [-0.25, -0.2) is 14.2 Å². The van der Waals surface area contributed by atoms with Crippen LogP contribution in [0, 0.1) is 17.1 Å². The van der Waals surface area contributed by atoms with Crippen LogP contribution in [0.2, 0.25) is 0 Å².